The van der Waals surface area contributed by atoms with E-state index in [1.807, 2.05) is 18.7 Å². The molecule has 2 aromatic heterocycles. The lowest BCUT2D eigenvalue weighted by Gasteiger charge is -2.33. The average Bonchev–Trinajstić information content (AvgIpc) is 3.16. The first kappa shape index (κ1) is 22.5. The Kier molecular flexibility index (Phi) is 6.49. The molecule has 0 spiro atoms. The standard InChI is InChI=1S/C21H29N5O5/c1-13(2)11-26-18(22)17(20(29)23(4)21(26)30)15(27)12-24-7-9-25(10-8-24)19(28)16-6-5-14(3)31-16/h5-6,13H,7-12,22H2,1-4H3. The molecular weight excluding hydrogens is 402 g/mol. The Labute approximate surface area is 179 Å². The van der Waals surface area contributed by atoms with Gasteiger partial charge in [-0.15, -0.1) is 0 Å². The first-order chi connectivity index (χ1) is 14.6. The van der Waals surface area contributed by atoms with E-state index in [9.17, 15) is 19.2 Å². The third-order valence-electron chi connectivity index (χ3n) is 5.39. The SMILES string of the molecule is Cc1ccc(C(=O)N2CCN(CC(=O)c3c(N)n(CC(C)C)c(=O)n(C)c3=O)CC2)o1. The van der Waals surface area contributed by atoms with Gasteiger partial charge in [0.25, 0.3) is 11.5 Å². The summed E-state index contributed by atoms with van der Waals surface area (Å²) in [6.07, 6.45) is 0. The Morgan fingerprint density at radius 2 is 1.77 bits per heavy atom. The van der Waals surface area contributed by atoms with E-state index in [1.54, 1.807) is 24.0 Å². The van der Waals surface area contributed by atoms with Gasteiger partial charge in [-0.05, 0) is 25.0 Å². The van der Waals surface area contributed by atoms with Gasteiger partial charge in [0, 0.05) is 39.8 Å². The molecule has 1 fully saturated rings. The number of nitrogens with zero attached hydrogens (tertiary/aromatic N) is 4. The summed E-state index contributed by atoms with van der Waals surface area (Å²) in [5.74, 6) is 0.379. The van der Waals surface area contributed by atoms with Gasteiger partial charge in [-0.3, -0.25) is 28.4 Å². The maximum atomic E-state index is 12.9. The summed E-state index contributed by atoms with van der Waals surface area (Å²) in [4.78, 5) is 54.0. The fourth-order valence-electron chi connectivity index (χ4n) is 3.68. The van der Waals surface area contributed by atoms with Crippen molar-refractivity contribution in [2.45, 2.75) is 27.3 Å². The Balaban J connectivity index is 1.71. The van der Waals surface area contributed by atoms with Gasteiger partial charge >= 0.3 is 5.69 Å². The lowest BCUT2D eigenvalue weighted by Crippen LogP contribution is -2.50. The predicted octanol–water partition coefficient (Wildman–Crippen LogP) is 0.327. The Bertz CT molecular complexity index is 1100. The zero-order chi connectivity index (χ0) is 22.9. The van der Waals surface area contributed by atoms with Crippen LogP contribution in [-0.4, -0.2) is 63.3 Å². The number of hydrogen-bond acceptors (Lipinski definition) is 7. The van der Waals surface area contributed by atoms with E-state index in [2.05, 4.69) is 0 Å². The van der Waals surface area contributed by atoms with Crippen LogP contribution in [0.15, 0.2) is 26.1 Å². The minimum absolute atomic E-state index is 0.0127. The number of furan rings is 1. The van der Waals surface area contributed by atoms with Crippen LogP contribution >= 0.6 is 0 Å². The summed E-state index contributed by atoms with van der Waals surface area (Å²) in [6, 6.07) is 3.39. The van der Waals surface area contributed by atoms with E-state index in [0.29, 0.717) is 44.2 Å². The smallest absolute Gasteiger partial charge is 0.332 e. The normalized spacial score (nSPS) is 14.9. The number of Topliss-reactive ketones (excluding diaryl/α,β-unsaturated/α-hetero) is 1. The van der Waals surface area contributed by atoms with Crippen LogP contribution in [0.1, 0.15) is 40.5 Å². The highest BCUT2D eigenvalue weighted by molar-refractivity contribution is 6.01. The zero-order valence-corrected chi connectivity index (χ0v) is 18.4. The van der Waals surface area contributed by atoms with Crippen LogP contribution in [0.3, 0.4) is 0 Å². The third-order valence-corrected chi connectivity index (χ3v) is 5.39. The van der Waals surface area contributed by atoms with Crippen molar-refractivity contribution in [3.63, 3.8) is 0 Å². The quantitative estimate of drug-likeness (QED) is 0.654. The molecular formula is C21H29N5O5. The van der Waals surface area contributed by atoms with Gasteiger partial charge in [-0.25, -0.2) is 4.79 Å². The lowest BCUT2D eigenvalue weighted by molar-refractivity contribution is 0.0594. The molecule has 0 unspecified atom stereocenters. The van der Waals surface area contributed by atoms with Gasteiger partial charge < -0.3 is 15.1 Å². The minimum Gasteiger partial charge on any atom is -0.456 e. The molecule has 168 valence electrons. The molecule has 0 aliphatic carbocycles. The van der Waals surface area contributed by atoms with E-state index in [-0.39, 0.29) is 29.8 Å². The average molecular weight is 431 g/mol. The Hall–Kier alpha value is -3.14. The summed E-state index contributed by atoms with van der Waals surface area (Å²) >= 11 is 0. The van der Waals surface area contributed by atoms with Crippen LogP contribution in [0.25, 0.3) is 0 Å². The molecule has 1 amide bonds. The van der Waals surface area contributed by atoms with Crippen molar-refractivity contribution >= 4 is 17.5 Å². The monoisotopic (exact) mass is 431 g/mol. The molecule has 3 rings (SSSR count). The first-order valence-electron chi connectivity index (χ1n) is 10.3. The number of nitrogens with two attached hydrogens (primary N) is 1. The molecule has 0 aromatic carbocycles. The third kappa shape index (κ3) is 4.63. The van der Waals surface area contributed by atoms with Crippen molar-refractivity contribution in [1.29, 1.82) is 0 Å². The molecule has 2 aromatic rings. The molecule has 1 saturated heterocycles. The van der Waals surface area contributed by atoms with Crippen LogP contribution in [0.2, 0.25) is 0 Å². The number of aryl methyl sites for hydroxylation is 1. The maximum Gasteiger partial charge on any atom is 0.332 e. The second-order valence-electron chi connectivity index (χ2n) is 8.31. The molecule has 10 heteroatoms. The van der Waals surface area contributed by atoms with Gasteiger partial charge in [-0.2, -0.15) is 0 Å². The number of hydrogen-bond donors (Lipinski definition) is 1. The van der Waals surface area contributed by atoms with Crippen molar-refractivity contribution < 1.29 is 14.0 Å². The summed E-state index contributed by atoms with van der Waals surface area (Å²) in [6.45, 7) is 7.74. The molecule has 1 aliphatic heterocycles. The number of anilines is 1. The minimum atomic E-state index is -0.686. The molecule has 0 radical (unpaired) electrons. The molecule has 1 aliphatic rings. The van der Waals surface area contributed by atoms with Crippen LogP contribution in [-0.2, 0) is 13.6 Å². The molecule has 0 saturated carbocycles. The van der Waals surface area contributed by atoms with Gasteiger partial charge in [0.2, 0.25) is 0 Å². The number of nitrogen functional groups attached to an aromatic ring is 1. The number of ketones is 1. The van der Waals surface area contributed by atoms with Crippen LogP contribution in [0.4, 0.5) is 5.82 Å². The number of amides is 1. The largest absolute Gasteiger partial charge is 0.456 e. The van der Waals surface area contributed by atoms with Crippen molar-refractivity contribution in [3.05, 3.63) is 50.1 Å². The fraction of sp³-hybridized carbons (Fsp3) is 0.524. The highest BCUT2D eigenvalue weighted by Gasteiger charge is 2.27. The van der Waals surface area contributed by atoms with E-state index in [0.717, 1.165) is 4.57 Å². The van der Waals surface area contributed by atoms with E-state index < -0.39 is 17.0 Å². The second kappa shape index (κ2) is 8.93. The predicted molar refractivity (Wildman–Crippen MR) is 115 cm³/mol. The lowest BCUT2D eigenvalue weighted by atomic mass is 10.1. The van der Waals surface area contributed by atoms with Crippen molar-refractivity contribution in [3.8, 4) is 0 Å². The molecule has 0 atom stereocenters. The second-order valence-corrected chi connectivity index (χ2v) is 8.31. The van der Waals surface area contributed by atoms with Gasteiger partial charge in [0.1, 0.15) is 17.1 Å². The van der Waals surface area contributed by atoms with Gasteiger partial charge in [0.05, 0.1) is 6.54 Å². The molecule has 3 heterocycles. The highest BCUT2D eigenvalue weighted by Crippen LogP contribution is 2.13. The number of carbonyl (C=O) groups excluding carboxylic acids is 2. The van der Waals surface area contributed by atoms with Crippen molar-refractivity contribution in [2.24, 2.45) is 13.0 Å². The van der Waals surface area contributed by atoms with E-state index >= 15 is 0 Å². The highest BCUT2D eigenvalue weighted by atomic mass is 16.3. The molecule has 0 bridgehead atoms. The zero-order valence-electron chi connectivity index (χ0n) is 18.4. The summed E-state index contributed by atoms with van der Waals surface area (Å²) in [7, 11) is 1.35. The number of piperazine rings is 1. The summed E-state index contributed by atoms with van der Waals surface area (Å²) < 4.78 is 7.60. The van der Waals surface area contributed by atoms with Crippen molar-refractivity contribution in [1.82, 2.24) is 18.9 Å². The van der Waals surface area contributed by atoms with Crippen LogP contribution < -0.4 is 17.0 Å². The van der Waals surface area contributed by atoms with Crippen LogP contribution in [0.5, 0.6) is 0 Å². The fourth-order valence-corrected chi connectivity index (χ4v) is 3.68. The van der Waals surface area contributed by atoms with E-state index in [4.69, 9.17) is 10.2 Å². The first-order valence-corrected chi connectivity index (χ1v) is 10.3. The topological polar surface area (TPSA) is 124 Å². The van der Waals surface area contributed by atoms with Crippen LogP contribution in [0, 0.1) is 12.8 Å². The van der Waals surface area contributed by atoms with Gasteiger partial charge in [0.15, 0.2) is 11.5 Å². The summed E-state index contributed by atoms with van der Waals surface area (Å²) in [5.41, 5.74) is 4.70. The maximum absolute atomic E-state index is 12.9. The molecule has 10 nitrogen and oxygen atoms in total. The molecule has 31 heavy (non-hydrogen) atoms. The number of carbonyl (C=O) groups is 2. The number of rotatable bonds is 6. The molecule has 2 N–H and O–H groups in total. The Morgan fingerprint density at radius 1 is 1.13 bits per heavy atom. The van der Waals surface area contributed by atoms with E-state index in [1.165, 1.54) is 11.6 Å². The van der Waals surface area contributed by atoms with Crippen molar-refractivity contribution in [2.75, 3.05) is 38.5 Å². The Morgan fingerprint density at radius 3 is 2.32 bits per heavy atom. The summed E-state index contributed by atoms with van der Waals surface area (Å²) in [5, 5.41) is 0. The number of aromatic nitrogens is 2. The van der Waals surface area contributed by atoms with Gasteiger partial charge in [-0.1, -0.05) is 13.8 Å².